The molecule has 17 heavy (non-hydrogen) atoms. The molecule has 1 heterocycles. The summed E-state index contributed by atoms with van der Waals surface area (Å²) in [6, 6.07) is 0.828. The maximum Gasteiger partial charge on any atom is 0.0117 e. The number of alkyl halides is 1. The van der Waals surface area contributed by atoms with Gasteiger partial charge in [-0.05, 0) is 64.8 Å². The zero-order chi connectivity index (χ0) is 12.7. The lowest BCUT2D eigenvalue weighted by Gasteiger charge is -2.36. The van der Waals surface area contributed by atoms with Gasteiger partial charge in [-0.1, -0.05) is 29.8 Å². The Kier molecular flexibility index (Phi) is 7.72. The van der Waals surface area contributed by atoms with Crippen molar-refractivity contribution in [3.8, 4) is 0 Å². The van der Waals surface area contributed by atoms with E-state index in [0.29, 0.717) is 0 Å². The van der Waals surface area contributed by atoms with Crippen molar-refractivity contribution in [2.75, 3.05) is 38.6 Å². The summed E-state index contributed by atoms with van der Waals surface area (Å²) in [4.78, 5) is 5.16. The van der Waals surface area contributed by atoms with Gasteiger partial charge in [-0.25, -0.2) is 0 Å². The van der Waals surface area contributed by atoms with Gasteiger partial charge < -0.3 is 9.80 Å². The van der Waals surface area contributed by atoms with E-state index in [2.05, 4.69) is 46.6 Å². The molecule has 0 aromatic carbocycles. The monoisotopic (exact) mass is 304 g/mol. The molecule has 2 nitrogen and oxygen atoms in total. The van der Waals surface area contributed by atoms with Gasteiger partial charge in [0, 0.05) is 11.4 Å². The van der Waals surface area contributed by atoms with Crippen LogP contribution in [0.15, 0.2) is 0 Å². The first-order chi connectivity index (χ1) is 8.17. The Labute approximate surface area is 116 Å². The van der Waals surface area contributed by atoms with E-state index in [0.717, 1.165) is 17.3 Å². The molecule has 1 rings (SSSR count). The van der Waals surface area contributed by atoms with Gasteiger partial charge in [0.05, 0.1) is 0 Å². The third-order valence-electron chi connectivity index (χ3n) is 4.20. The van der Waals surface area contributed by atoms with E-state index < -0.39 is 0 Å². The quantitative estimate of drug-likeness (QED) is 0.666. The molecule has 0 aromatic rings. The highest BCUT2D eigenvalue weighted by atomic mass is 79.9. The highest BCUT2D eigenvalue weighted by Crippen LogP contribution is 2.17. The normalized spacial score (nSPS) is 21.0. The molecule has 0 spiro atoms. The maximum absolute atomic E-state index is 3.53. The smallest absolute Gasteiger partial charge is 0.0117 e. The van der Waals surface area contributed by atoms with E-state index >= 15 is 0 Å². The minimum absolute atomic E-state index is 0.828. The fourth-order valence-corrected chi connectivity index (χ4v) is 3.40. The molecule has 1 fully saturated rings. The number of hydrogen-bond acceptors (Lipinski definition) is 2. The average Bonchev–Trinajstić information content (AvgIpc) is 2.36. The molecule has 0 aromatic heterocycles. The first-order valence-electron chi connectivity index (χ1n) is 7.16. The van der Waals surface area contributed by atoms with Gasteiger partial charge in [0.1, 0.15) is 0 Å². The predicted molar refractivity (Wildman–Crippen MR) is 80.0 cm³/mol. The predicted octanol–water partition coefficient (Wildman–Crippen LogP) is 3.21. The average molecular weight is 305 g/mol. The Morgan fingerprint density at radius 3 is 2.47 bits per heavy atom. The Hall–Kier alpha value is 0.400. The third-order valence-corrected chi connectivity index (χ3v) is 4.66. The van der Waals surface area contributed by atoms with Gasteiger partial charge >= 0.3 is 0 Å². The minimum atomic E-state index is 0.828. The summed E-state index contributed by atoms with van der Waals surface area (Å²) < 4.78 is 0. The van der Waals surface area contributed by atoms with Crippen molar-refractivity contribution in [3.05, 3.63) is 0 Å². The maximum atomic E-state index is 3.53. The first kappa shape index (κ1) is 15.5. The fourth-order valence-electron chi connectivity index (χ4n) is 2.61. The summed E-state index contributed by atoms with van der Waals surface area (Å²) >= 11 is 3.53. The Morgan fingerprint density at radius 2 is 1.94 bits per heavy atom. The molecule has 1 aliphatic rings. The Bertz CT molecular complexity index is 191. The number of rotatable bonds is 7. The molecular weight excluding hydrogens is 276 g/mol. The van der Waals surface area contributed by atoms with Crippen LogP contribution in [0.5, 0.6) is 0 Å². The van der Waals surface area contributed by atoms with Crippen LogP contribution in [0.3, 0.4) is 0 Å². The van der Waals surface area contributed by atoms with Gasteiger partial charge in [0.15, 0.2) is 0 Å². The van der Waals surface area contributed by atoms with Crippen molar-refractivity contribution in [1.29, 1.82) is 0 Å². The molecule has 0 amide bonds. The third kappa shape index (κ3) is 5.71. The van der Waals surface area contributed by atoms with Gasteiger partial charge in [-0.15, -0.1) is 0 Å². The fraction of sp³-hybridized carbons (Fsp3) is 1.00. The van der Waals surface area contributed by atoms with Crippen molar-refractivity contribution in [2.24, 2.45) is 5.92 Å². The van der Waals surface area contributed by atoms with E-state index in [-0.39, 0.29) is 0 Å². The largest absolute Gasteiger partial charge is 0.303 e. The second-order valence-corrected chi connectivity index (χ2v) is 6.31. The molecule has 0 saturated carbocycles. The van der Waals surface area contributed by atoms with Gasteiger partial charge in [-0.2, -0.15) is 0 Å². The van der Waals surface area contributed by atoms with E-state index in [9.17, 15) is 0 Å². The number of likely N-dealkylation sites (tertiary alicyclic amines) is 1. The lowest BCUT2D eigenvalue weighted by molar-refractivity contribution is 0.127. The van der Waals surface area contributed by atoms with Crippen LogP contribution in [-0.4, -0.2) is 54.4 Å². The summed E-state index contributed by atoms with van der Waals surface area (Å²) in [6.45, 7) is 9.72. The van der Waals surface area contributed by atoms with Crippen LogP contribution < -0.4 is 0 Å². The molecule has 0 radical (unpaired) electrons. The topological polar surface area (TPSA) is 6.48 Å². The van der Waals surface area contributed by atoms with Crippen LogP contribution in [0.25, 0.3) is 0 Å². The summed E-state index contributed by atoms with van der Waals surface area (Å²) in [6.07, 6.45) is 5.37. The SMILES string of the molecule is CCN1CCC(N(C)CCC(C)CCBr)CC1. The summed E-state index contributed by atoms with van der Waals surface area (Å²) in [5.41, 5.74) is 0. The number of nitrogens with zero attached hydrogens (tertiary/aromatic N) is 2. The van der Waals surface area contributed by atoms with Crippen LogP contribution >= 0.6 is 15.9 Å². The standard InChI is InChI=1S/C14H29BrN2/c1-4-17-11-7-14(8-12-17)16(3)10-6-13(2)5-9-15/h13-14H,4-12H2,1-3H3. The Balaban J connectivity index is 2.17. The van der Waals surface area contributed by atoms with Crippen molar-refractivity contribution in [3.63, 3.8) is 0 Å². The molecule has 0 aliphatic carbocycles. The van der Waals surface area contributed by atoms with Crippen molar-refractivity contribution < 1.29 is 0 Å². The summed E-state index contributed by atoms with van der Waals surface area (Å²) in [5.74, 6) is 0.854. The second kappa shape index (κ2) is 8.49. The molecular formula is C14H29BrN2. The molecule has 3 heteroatoms. The van der Waals surface area contributed by atoms with E-state index in [1.165, 1.54) is 51.9 Å². The lowest BCUT2D eigenvalue weighted by atomic mass is 10.0. The number of piperidine rings is 1. The summed E-state index contributed by atoms with van der Waals surface area (Å²) in [5, 5.41) is 1.15. The molecule has 1 aliphatic heterocycles. The lowest BCUT2D eigenvalue weighted by Crippen LogP contribution is -2.43. The number of hydrogen-bond donors (Lipinski definition) is 0. The van der Waals surface area contributed by atoms with Crippen LogP contribution in [0.4, 0.5) is 0 Å². The number of halogens is 1. The van der Waals surface area contributed by atoms with Gasteiger partial charge in [-0.3, -0.25) is 0 Å². The first-order valence-corrected chi connectivity index (χ1v) is 8.28. The zero-order valence-electron chi connectivity index (χ0n) is 11.8. The molecule has 1 saturated heterocycles. The summed E-state index contributed by atoms with van der Waals surface area (Å²) in [7, 11) is 2.31. The van der Waals surface area contributed by atoms with Crippen LogP contribution in [0, 0.1) is 5.92 Å². The van der Waals surface area contributed by atoms with E-state index in [4.69, 9.17) is 0 Å². The van der Waals surface area contributed by atoms with Crippen LogP contribution in [0.1, 0.15) is 39.5 Å². The van der Waals surface area contributed by atoms with Crippen LogP contribution in [0.2, 0.25) is 0 Å². The molecule has 102 valence electrons. The minimum Gasteiger partial charge on any atom is -0.303 e. The second-order valence-electron chi connectivity index (χ2n) is 5.52. The molecule has 1 unspecified atom stereocenters. The molecule has 1 atom stereocenters. The Morgan fingerprint density at radius 1 is 1.29 bits per heavy atom. The van der Waals surface area contributed by atoms with E-state index in [1.807, 2.05) is 0 Å². The van der Waals surface area contributed by atoms with Gasteiger partial charge in [0.25, 0.3) is 0 Å². The zero-order valence-corrected chi connectivity index (χ0v) is 13.4. The molecule has 0 N–H and O–H groups in total. The molecule has 0 bridgehead atoms. The van der Waals surface area contributed by atoms with E-state index in [1.54, 1.807) is 0 Å². The van der Waals surface area contributed by atoms with Crippen molar-refractivity contribution >= 4 is 15.9 Å². The van der Waals surface area contributed by atoms with Crippen molar-refractivity contribution in [2.45, 2.75) is 45.6 Å². The van der Waals surface area contributed by atoms with Crippen molar-refractivity contribution in [1.82, 2.24) is 9.80 Å². The van der Waals surface area contributed by atoms with Crippen LogP contribution in [-0.2, 0) is 0 Å². The van der Waals surface area contributed by atoms with Gasteiger partial charge in [0.2, 0.25) is 0 Å². The highest BCUT2D eigenvalue weighted by molar-refractivity contribution is 9.09. The highest BCUT2D eigenvalue weighted by Gasteiger charge is 2.21.